The highest BCUT2D eigenvalue weighted by molar-refractivity contribution is 5.79. The van der Waals surface area contributed by atoms with Crippen LogP contribution in [0.2, 0.25) is 0 Å². The van der Waals surface area contributed by atoms with Crippen molar-refractivity contribution in [3.8, 4) is 0 Å². The first-order valence-corrected chi connectivity index (χ1v) is 9.46. The van der Waals surface area contributed by atoms with Crippen molar-refractivity contribution in [1.29, 1.82) is 0 Å². The molecule has 6 heteroatoms. The van der Waals surface area contributed by atoms with Gasteiger partial charge in [-0.15, -0.1) is 0 Å². The number of hydrogen-bond acceptors (Lipinski definition) is 4. The minimum Gasteiger partial charge on any atom is -0.356 e. The van der Waals surface area contributed by atoms with E-state index in [2.05, 4.69) is 70.8 Å². The van der Waals surface area contributed by atoms with Gasteiger partial charge in [-0.1, -0.05) is 71.0 Å². The number of hydrogen-bond donors (Lipinski definition) is 2. The predicted molar refractivity (Wildman–Crippen MR) is 110 cm³/mol. The van der Waals surface area contributed by atoms with E-state index in [0.29, 0.717) is 18.3 Å². The van der Waals surface area contributed by atoms with Crippen molar-refractivity contribution in [2.75, 3.05) is 13.6 Å². The second-order valence-electron chi connectivity index (χ2n) is 8.82. The molecule has 0 unspecified atom stereocenters. The van der Waals surface area contributed by atoms with Gasteiger partial charge in [-0.3, -0.25) is 4.99 Å². The standard InChI is InChI=1S/C21H33N5O/c1-20(2,3)16-10-8-15(9-11-16)12-13-23-19(22-7)24-14-17-25-18(27-26-17)21(4,5)6/h8-11H,12-14H2,1-7H3,(H2,22,23,24). The minimum atomic E-state index is -0.145. The fraction of sp³-hybridized carbons (Fsp3) is 0.571. The molecule has 0 aliphatic heterocycles. The Balaban J connectivity index is 1.80. The van der Waals surface area contributed by atoms with Crippen LogP contribution in [0, 0.1) is 0 Å². The summed E-state index contributed by atoms with van der Waals surface area (Å²) in [4.78, 5) is 8.67. The monoisotopic (exact) mass is 371 g/mol. The van der Waals surface area contributed by atoms with Crippen molar-refractivity contribution >= 4 is 5.96 Å². The van der Waals surface area contributed by atoms with Crippen LogP contribution in [0.1, 0.15) is 64.4 Å². The topological polar surface area (TPSA) is 75.3 Å². The summed E-state index contributed by atoms with van der Waals surface area (Å²) in [6.07, 6.45) is 0.932. The van der Waals surface area contributed by atoms with Gasteiger partial charge in [0.15, 0.2) is 11.8 Å². The quantitative estimate of drug-likeness (QED) is 0.621. The van der Waals surface area contributed by atoms with E-state index in [1.54, 1.807) is 7.05 Å². The maximum Gasteiger partial charge on any atom is 0.232 e. The maximum absolute atomic E-state index is 5.31. The van der Waals surface area contributed by atoms with Gasteiger partial charge < -0.3 is 15.2 Å². The molecule has 0 amide bonds. The molecule has 2 aromatic rings. The molecule has 0 aliphatic carbocycles. The third kappa shape index (κ3) is 6.38. The summed E-state index contributed by atoms with van der Waals surface area (Å²) in [7, 11) is 1.75. The summed E-state index contributed by atoms with van der Waals surface area (Å²) in [6.45, 7) is 14.1. The van der Waals surface area contributed by atoms with Crippen molar-refractivity contribution in [1.82, 2.24) is 20.8 Å². The van der Waals surface area contributed by atoms with E-state index in [-0.39, 0.29) is 10.8 Å². The van der Waals surface area contributed by atoms with Crippen LogP contribution >= 0.6 is 0 Å². The van der Waals surface area contributed by atoms with E-state index >= 15 is 0 Å². The van der Waals surface area contributed by atoms with Gasteiger partial charge >= 0.3 is 0 Å². The predicted octanol–water partition coefficient (Wildman–Crippen LogP) is 3.57. The Hall–Kier alpha value is -2.37. The number of aliphatic imine (C=N–C) groups is 1. The van der Waals surface area contributed by atoms with Gasteiger partial charge in [0.2, 0.25) is 5.89 Å². The van der Waals surface area contributed by atoms with Crippen LogP contribution in [-0.4, -0.2) is 29.7 Å². The van der Waals surface area contributed by atoms with Crippen LogP contribution in [0.25, 0.3) is 0 Å². The van der Waals surface area contributed by atoms with Gasteiger partial charge in [-0.2, -0.15) is 4.98 Å². The number of nitrogens with zero attached hydrogens (tertiary/aromatic N) is 3. The van der Waals surface area contributed by atoms with Crippen LogP contribution in [0.15, 0.2) is 33.8 Å². The van der Waals surface area contributed by atoms with Crippen LogP contribution in [0.3, 0.4) is 0 Å². The molecule has 0 spiro atoms. The summed E-state index contributed by atoms with van der Waals surface area (Å²) in [5, 5.41) is 10.6. The van der Waals surface area contributed by atoms with E-state index in [4.69, 9.17) is 4.52 Å². The molecular formula is C21H33N5O. The Bertz CT molecular complexity index is 748. The van der Waals surface area contributed by atoms with E-state index in [9.17, 15) is 0 Å². The van der Waals surface area contributed by atoms with E-state index in [1.165, 1.54) is 11.1 Å². The van der Waals surface area contributed by atoms with Gasteiger partial charge in [0, 0.05) is 19.0 Å². The van der Waals surface area contributed by atoms with Crippen LogP contribution < -0.4 is 10.6 Å². The van der Waals surface area contributed by atoms with Gasteiger partial charge in [0.1, 0.15) is 0 Å². The zero-order valence-electron chi connectivity index (χ0n) is 17.7. The molecule has 1 heterocycles. The number of benzene rings is 1. The summed E-state index contributed by atoms with van der Waals surface area (Å²) in [6, 6.07) is 8.83. The first-order valence-electron chi connectivity index (χ1n) is 9.46. The molecule has 1 aromatic heterocycles. The Morgan fingerprint density at radius 3 is 2.19 bits per heavy atom. The van der Waals surface area contributed by atoms with Crippen LogP contribution in [0.4, 0.5) is 0 Å². The van der Waals surface area contributed by atoms with E-state index in [0.717, 1.165) is 18.9 Å². The van der Waals surface area contributed by atoms with Crippen molar-refractivity contribution in [2.24, 2.45) is 4.99 Å². The number of guanidine groups is 1. The molecule has 6 nitrogen and oxygen atoms in total. The molecule has 27 heavy (non-hydrogen) atoms. The Morgan fingerprint density at radius 2 is 1.67 bits per heavy atom. The minimum absolute atomic E-state index is 0.145. The lowest BCUT2D eigenvalue weighted by molar-refractivity contribution is 0.318. The number of aromatic nitrogens is 2. The normalized spacial score (nSPS) is 12.9. The molecule has 0 bridgehead atoms. The fourth-order valence-electron chi connectivity index (χ4n) is 2.51. The average Bonchev–Trinajstić information content (AvgIpc) is 3.07. The molecule has 0 saturated heterocycles. The van der Waals surface area contributed by atoms with Crippen molar-refractivity contribution in [3.63, 3.8) is 0 Å². The lowest BCUT2D eigenvalue weighted by Gasteiger charge is -2.19. The molecule has 0 atom stereocenters. The Kier molecular flexibility index (Phi) is 6.63. The second-order valence-corrected chi connectivity index (χ2v) is 8.82. The van der Waals surface area contributed by atoms with Crippen molar-refractivity contribution in [3.05, 3.63) is 47.1 Å². The number of rotatable bonds is 5. The number of nitrogens with one attached hydrogen (secondary N) is 2. The van der Waals surface area contributed by atoms with E-state index in [1.807, 2.05) is 20.8 Å². The third-order valence-electron chi connectivity index (χ3n) is 4.27. The zero-order chi connectivity index (χ0) is 20.1. The summed E-state index contributed by atoms with van der Waals surface area (Å²) in [5.74, 6) is 1.99. The lowest BCUT2D eigenvalue weighted by Crippen LogP contribution is -2.38. The summed E-state index contributed by atoms with van der Waals surface area (Å²) in [5.41, 5.74) is 2.70. The first-order chi connectivity index (χ1) is 12.6. The molecule has 0 saturated carbocycles. The maximum atomic E-state index is 5.31. The molecule has 0 fully saturated rings. The Morgan fingerprint density at radius 1 is 1.00 bits per heavy atom. The fourth-order valence-corrected chi connectivity index (χ4v) is 2.51. The molecular weight excluding hydrogens is 338 g/mol. The molecule has 2 rings (SSSR count). The van der Waals surface area contributed by atoms with Gasteiger partial charge in [-0.05, 0) is 23.0 Å². The molecule has 0 aliphatic rings. The van der Waals surface area contributed by atoms with Gasteiger partial charge in [-0.25, -0.2) is 0 Å². The second kappa shape index (κ2) is 8.55. The van der Waals surface area contributed by atoms with Gasteiger partial charge in [0.25, 0.3) is 0 Å². The molecule has 2 N–H and O–H groups in total. The highest BCUT2D eigenvalue weighted by atomic mass is 16.5. The van der Waals surface area contributed by atoms with Gasteiger partial charge in [0.05, 0.1) is 6.54 Å². The lowest BCUT2D eigenvalue weighted by atomic mass is 9.86. The Labute approximate surface area is 162 Å². The summed E-state index contributed by atoms with van der Waals surface area (Å²) >= 11 is 0. The zero-order valence-corrected chi connectivity index (χ0v) is 17.7. The largest absolute Gasteiger partial charge is 0.356 e. The van der Waals surface area contributed by atoms with E-state index < -0.39 is 0 Å². The SMILES string of the molecule is CN=C(NCCc1ccc(C(C)(C)C)cc1)NCc1noc(C(C)(C)C)n1. The van der Waals surface area contributed by atoms with Crippen molar-refractivity contribution in [2.45, 2.75) is 65.3 Å². The van der Waals surface area contributed by atoms with Crippen LogP contribution in [0.5, 0.6) is 0 Å². The average molecular weight is 372 g/mol. The first kappa shape index (κ1) is 20.9. The third-order valence-corrected chi connectivity index (χ3v) is 4.27. The highest BCUT2D eigenvalue weighted by Gasteiger charge is 2.21. The smallest absolute Gasteiger partial charge is 0.232 e. The summed E-state index contributed by atoms with van der Waals surface area (Å²) < 4.78 is 5.31. The molecule has 1 aromatic carbocycles. The molecule has 148 valence electrons. The van der Waals surface area contributed by atoms with Crippen LogP contribution in [-0.2, 0) is 23.8 Å². The molecule has 0 radical (unpaired) electrons. The highest BCUT2D eigenvalue weighted by Crippen LogP contribution is 2.22. The van der Waals surface area contributed by atoms with Crippen molar-refractivity contribution < 1.29 is 4.52 Å².